The van der Waals surface area contributed by atoms with E-state index >= 15 is 0 Å². The van der Waals surface area contributed by atoms with E-state index in [-0.39, 0.29) is 62.0 Å². The van der Waals surface area contributed by atoms with Gasteiger partial charge in [-0.2, -0.15) is 13.2 Å². The number of H-pyrrole nitrogens is 1. The minimum absolute atomic E-state index is 0.0129. The third-order valence-corrected chi connectivity index (χ3v) is 16.4. The maximum Gasteiger partial charge on any atom is 0.417 e. The summed E-state index contributed by atoms with van der Waals surface area (Å²) >= 11 is 1.58. The van der Waals surface area contributed by atoms with Gasteiger partial charge in [-0.3, -0.25) is 38.6 Å². The molecule has 3 aliphatic rings. The maximum absolute atomic E-state index is 14.2. The predicted octanol–water partition coefficient (Wildman–Crippen LogP) is 7.30. The highest BCUT2D eigenvalue weighted by molar-refractivity contribution is 7.13. The van der Waals surface area contributed by atoms with Crippen molar-refractivity contribution < 1.29 is 42.3 Å². The number of nitrogens with zero attached hydrogens (tertiary/aromatic N) is 6. The highest BCUT2D eigenvalue weighted by Gasteiger charge is 2.44. The number of rotatable bonds is 20. The molecule has 0 bridgehead atoms. The number of amides is 3. The number of thiazole rings is 1. The Morgan fingerprint density at radius 1 is 0.835 bits per heavy atom. The number of Topliss-reactive ketones (excluding diaryl/α,β-unsaturated/α-hetero) is 2. The lowest BCUT2D eigenvalue weighted by Gasteiger charge is -2.35. The fraction of sp³-hybridized carbons (Fsp3) is 0.475. The number of hydrogen-bond acceptors (Lipinski definition) is 13. The normalized spacial score (nSPS) is 18.1. The molecule has 3 fully saturated rings. The number of piperazine rings is 2. The molecule has 3 aromatic carbocycles. The quantitative estimate of drug-likeness (QED) is 0.0610. The van der Waals surface area contributed by atoms with Gasteiger partial charge in [0.1, 0.15) is 5.78 Å². The molecule has 0 unspecified atom stereocenters. The Kier molecular flexibility index (Phi) is 19.0. The second-order valence-electron chi connectivity index (χ2n) is 22.3. The van der Waals surface area contributed by atoms with Crippen LogP contribution in [0, 0.1) is 18.3 Å². The third kappa shape index (κ3) is 15.4. The van der Waals surface area contributed by atoms with E-state index in [1.807, 2.05) is 94.9 Å². The number of aryl methyl sites for hydroxylation is 2. The van der Waals surface area contributed by atoms with E-state index in [2.05, 4.69) is 46.3 Å². The fourth-order valence-electron chi connectivity index (χ4n) is 10.7. The first-order valence-corrected chi connectivity index (χ1v) is 28.0. The van der Waals surface area contributed by atoms with Crippen LogP contribution >= 0.6 is 11.3 Å². The molecule has 2 aromatic heterocycles. The van der Waals surface area contributed by atoms with Gasteiger partial charge in [-0.05, 0) is 71.8 Å². The Morgan fingerprint density at radius 2 is 1.53 bits per heavy atom. The number of likely N-dealkylation sites (N-methyl/N-ethyl adjacent to an activating group) is 1. The van der Waals surface area contributed by atoms with Crippen molar-refractivity contribution in [3.63, 3.8) is 0 Å². The van der Waals surface area contributed by atoms with Crippen molar-refractivity contribution in [3.05, 3.63) is 123 Å². The molecule has 16 nitrogen and oxygen atoms in total. The van der Waals surface area contributed by atoms with Gasteiger partial charge in [0.05, 0.1) is 50.7 Å². The number of aromatic nitrogens is 2. The van der Waals surface area contributed by atoms with Crippen LogP contribution in [0.4, 0.5) is 24.5 Å². The van der Waals surface area contributed by atoms with Crippen LogP contribution in [0.2, 0.25) is 0 Å². The number of likely N-dealkylation sites (tertiary alicyclic amines) is 1. The number of carbonyl (C=O) groups excluding carboxylic acids is 5. The zero-order valence-corrected chi connectivity index (χ0v) is 46.5. The molecule has 5 aromatic rings. The standard InChI is InChI=1S/C59H72F3N9O7S/c1-38-55(79-37-65-38)41-12-9-39(10-13-41)11-17-52(74)51-32-45(73)36-71(51)57(78)48(58(2,3)4)31-44(72)15-18-53(75)63-19-20-68-23-25-69(26-24-68)35-40-7-6-8-42(29-40)43-14-16-50(70-27-21-67(5)22-28-70)49(30-43)66-56(77)46-34-64-54(76)33-47(46)59(60,61)62/h6-10,12-14,16,29-30,33-34,37,45,48,51,73H,11,15,17-28,31-32,35-36H2,1-5H3,(H,63,75)(H,64,76)(H,66,77)/t45-,48-,51+/m1/s1. The van der Waals surface area contributed by atoms with Crippen LogP contribution in [-0.2, 0) is 38.3 Å². The molecular formula is C59H72F3N9O7S. The van der Waals surface area contributed by atoms with E-state index in [4.69, 9.17) is 0 Å². The first kappa shape index (κ1) is 58.6. The number of aromatic amines is 1. The van der Waals surface area contributed by atoms with E-state index in [1.165, 1.54) is 4.90 Å². The number of alkyl halides is 3. The van der Waals surface area contributed by atoms with Crippen molar-refractivity contribution in [2.45, 2.75) is 91.1 Å². The number of halogens is 3. The van der Waals surface area contributed by atoms with Gasteiger partial charge in [-0.15, -0.1) is 11.3 Å². The molecule has 79 heavy (non-hydrogen) atoms. The molecule has 0 aliphatic carbocycles. The average Bonchev–Trinajstić information content (AvgIpc) is 4.10. The second kappa shape index (κ2) is 25.7. The van der Waals surface area contributed by atoms with E-state index < -0.39 is 52.2 Å². The summed E-state index contributed by atoms with van der Waals surface area (Å²) in [6, 6.07) is 21.3. The van der Waals surface area contributed by atoms with E-state index in [0.29, 0.717) is 56.6 Å². The minimum Gasteiger partial charge on any atom is -0.391 e. The Balaban J connectivity index is 0.783. The summed E-state index contributed by atoms with van der Waals surface area (Å²) in [4.78, 5) is 97.6. The number of benzene rings is 3. The molecule has 3 amide bonds. The monoisotopic (exact) mass is 1110 g/mol. The smallest absolute Gasteiger partial charge is 0.391 e. The number of aliphatic hydroxyl groups is 1. The van der Waals surface area contributed by atoms with Crippen molar-refractivity contribution in [3.8, 4) is 21.6 Å². The number of ketones is 2. The van der Waals surface area contributed by atoms with Crippen molar-refractivity contribution in [2.24, 2.45) is 11.3 Å². The number of hydrogen-bond donors (Lipinski definition) is 4. The molecule has 3 aliphatic heterocycles. The average molecular weight is 1110 g/mol. The number of β-amino-alcohol motifs (C(OH)–C–C–N with tert-alkyl or cyclic N) is 1. The Hall–Kier alpha value is -6.58. The van der Waals surface area contributed by atoms with Crippen molar-refractivity contribution in [2.75, 3.05) is 89.3 Å². The topological polar surface area (TPSA) is 192 Å². The minimum atomic E-state index is -4.92. The lowest BCUT2D eigenvalue weighted by atomic mass is 9.76. The van der Waals surface area contributed by atoms with Crippen molar-refractivity contribution >= 4 is 52.0 Å². The summed E-state index contributed by atoms with van der Waals surface area (Å²) in [5.41, 5.74) is 4.98. The molecule has 4 N–H and O–H groups in total. The van der Waals surface area contributed by atoms with E-state index in [0.717, 1.165) is 83.9 Å². The summed E-state index contributed by atoms with van der Waals surface area (Å²) in [6.45, 7) is 15.3. The summed E-state index contributed by atoms with van der Waals surface area (Å²) in [5, 5.41) is 16.4. The summed E-state index contributed by atoms with van der Waals surface area (Å²) in [6.07, 6.45) is -4.23. The predicted molar refractivity (Wildman–Crippen MR) is 300 cm³/mol. The Labute approximate surface area is 463 Å². The zero-order chi connectivity index (χ0) is 56.6. The molecule has 0 saturated carbocycles. The van der Waals surface area contributed by atoms with Crippen molar-refractivity contribution in [1.29, 1.82) is 0 Å². The Bertz CT molecular complexity index is 3030. The van der Waals surface area contributed by atoms with Crippen LogP contribution in [0.25, 0.3) is 21.6 Å². The van der Waals surface area contributed by atoms with Gasteiger partial charge in [0.25, 0.3) is 5.91 Å². The van der Waals surface area contributed by atoms with Crippen LogP contribution in [-0.4, -0.2) is 155 Å². The van der Waals surface area contributed by atoms with Gasteiger partial charge in [-0.25, -0.2) is 4.98 Å². The summed E-state index contributed by atoms with van der Waals surface area (Å²) in [7, 11) is 2.01. The molecule has 3 saturated heterocycles. The zero-order valence-electron chi connectivity index (χ0n) is 45.7. The largest absolute Gasteiger partial charge is 0.417 e. The van der Waals surface area contributed by atoms with Crippen molar-refractivity contribution in [1.82, 2.24) is 34.9 Å². The van der Waals surface area contributed by atoms with Gasteiger partial charge >= 0.3 is 6.18 Å². The highest BCUT2D eigenvalue weighted by atomic mass is 32.1. The first-order chi connectivity index (χ1) is 37.6. The first-order valence-electron chi connectivity index (χ1n) is 27.1. The second-order valence-corrected chi connectivity index (χ2v) is 23.1. The van der Waals surface area contributed by atoms with E-state index in [1.54, 1.807) is 17.4 Å². The summed E-state index contributed by atoms with van der Waals surface area (Å²) in [5.74, 6) is -2.66. The molecule has 3 atom stereocenters. The van der Waals surface area contributed by atoms with Crippen LogP contribution in [0.1, 0.15) is 85.6 Å². The molecule has 0 radical (unpaired) electrons. The molecule has 5 heterocycles. The van der Waals surface area contributed by atoms with E-state index in [9.17, 15) is 47.0 Å². The lowest BCUT2D eigenvalue weighted by molar-refractivity contribution is -0.146. The van der Waals surface area contributed by atoms with Gasteiger partial charge in [-0.1, -0.05) is 69.3 Å². The van der Waals surface area contributed by atoms with Gasteiger partial charge in [0.2, 0.25) is 17.4 Å². The van der Waals surface area contributed by atoms with Crippen LogP contribution in [0.3, 0.4) is 0 Å². The molecule has 0 spiro atoms. The number of carbonyl (C=O) groups is 5. The highest BCUT2D eigenvalue weighted by Crippen LogP contribution is 2.37. The maximum atomic E-state index is 14.2. The SMILES string of the molecule is Cc1ncsc1-c1ccc(CCC(=O)[C@@H]2C[C@@H](O)CN2C(=O)[C@@H](CC(=O)CCC(=O)NCCN2CCN(Cc3cccc(-c4ccc(N5CCN(C)CC5)c(NC(=O)c5c[nH]c(=O)cc5C(F)(F)F)c4)c3)CC2)C(C)(C)C)cc1. The Morgan fingerprint density at radius 3 is 2.22 bits per heavy atom. The molecule has 422 valence electrons. The van der Waals surface area contributed by atoms with Gasteiger partial charge in [0, 0.05) is 129 Å². The lowest BCUT2D eigenvalue weighted by Crippen LogP contribution is -2.48. The molecule has 8 rings (SSSR count). The number of pyridine rings is 1. The molecular weight excluding hydrogens is 1040 g/mol. The van der Waals surface area contributed by atoms with Crippen LogP contribution in [0.15, 0.2) is 89.3 Å². The van der Waals surface area contributed by atoms with Crippen LogP contribution in [0.5, 0.6) is 0 Å². The number of aliphatic hydroxyl groups excluding tert-OH is 1. The van der Waals surface area contributed by atoms with Gasteiger partial charge < -0.3 is 35.4 Å². The molecule has 20 heteroatoms. The number of nitrogens with one attached hydrogen (secondary N) is 3. The number of anilines is 2. The van der Waals surface area contributed by atoms with Crippen LogP contribution < -0.4 is 21.1 Å². The van der Waals surface area contributed by atoms with Gasteiger partial charge in [0.15, 0.2) is 5.78 Å². The fourth-order valence-corrected chi connectivity index (χ4v) is 11.5. The summed E-state index contributed by atoms with van der Waals surface area (Å²) < 4.78 is 41.9. The third-order valence-electron chi connectivity index (χ3n) is 15.4.